The quantitative estimate of drug-likeness (QED) is 0.826. The molecule has 2 aromatic rings. The van der Waals surface area contributed by atoms with Crippen LogP contribution in [0.1, 0.15) is 64.4 Å². The minimum absolute atomic E-state index is 0.147. The van der Waals surface area contributed by atoms with Crippen LogP contribution in [0.5, 0.6) is 0 Å². The van der Waals surface area contributed by atoms with Gasteiger partial charge >= 0.3 is 5.97 Å². The molecule has 0 saturated carbocycles. The smallest absolute Gasteiger partial charge is 0.341 e. The molecule has 134 valence electrons. The summed E-state index contributed by atoms with van der Waals surface area (Å²) < 4.78 is 7.11. The molecular weight excluding hydrogens is 338 g/mol. The van der Waals surface area contributed by atoms with Crippen molar-refractivity contribution in [1.29, 1.82) is 0 Å². The summed E-state index contributed by atoms with van der Waals surface area (Å²) in [7, 11) is 1.76. The number of nitrogens with zero attached hydrogens (tertiary/aromatic N) is 2. The summed E-state index contributed by atoms with van der Waals surface area (Å²) in [4.78, 5) is 26.3. The molecular formula is C18H23N3O3S. The highest BCUT2D eigenvalue weighted by Crippen LogP contribution is 2.39. The van der Waals surface area contributed by atoms with E-state index in [1.807, 2.05) is 13.8 Å². The molecule has 0 radical (unpaired) electrons. The fourth-order valence-electron chi connectivity index (χ4n) is 2.90. The standard InChI is InChI=1S/C18H23N3O3S/c1-4-11(2)24-18(23)15-12-7-5-6-8-14(12)25-17(15)19-16(22)13-9-10-21(3)20-13/h9-11H,4-8H2,1-3H3,(H,19,22). The van der Waals surface area contributed by atoms with Crippen molar-refractivity contribution in [3.63, 3.8) is 0 Å². The Morgan fingerprint density at radius 3 is 2.84 bits per heavy atom. The van der Waals surface area contributed by atoms with Crippen LogP contribution in [0, 0.1) is 0 Å². The van der Waals surface area contributed by atoms with Gasteiger partial charge in [-0.1, -0.05) is 6.92 Å². The Balaban J connectivity index is 1.91. The summed E-state index contributed by atoms with van der Waals surface area (Å²) >= 11 is 1.49. The number of hydrogen-bond donors (Lipinski definition) is 1. The highest BCUT2D eigenvalue weighted by atomic mass is 32.1. The summed E-state index contributed by atoms with van der Waals surface area (Å²) in [5, 5.41) is 7.57. The second-order valence-corrected chi connectivity index (χ2v) is 7.47. The molecule has 1 aliphatic carbocycles. The van der Waals surface area contributed by atoms with Gasteiger partial charge in [0.15, 0.2) is 5.69 Å². The lowest BCUT2D eigenvalue weighted by Gasteiger charge is -2.15. The zero-order chi connectivity index (χ0) is 18.0. The van der Waals surface area contributed by atoms with Crippen LogP contribution >= 0.6 is 11.3 Å². The average molecular weight is 361 g/mol. The molecule has 1 amide bonds. The van der Waals surface area contributed by atoms with Crippen LogP contribution in [0.25, 0.3) is 0 Å². The van der Waals surface area contributed by atoms with Crippen LogP contribution in [-0.4, -0.2) is 27.8 Å². The maximum atomic E-state index is 12.7. The van der Waals surface area contributed by atoms with Gasteiger partial charge in [-0.05, 0) is 50.7 Å². The second-order valence-electron chi connectivity index (χ2n) is 6.37. The molecule has 25 heavy (non-hydrogen) atoms. The number of rotatable bonds is 5. The third kappa shape index (κ3) is 3.76. The van der Waals surface area contributed by atoms with Gasteiger partial charge in [-0.25, -0.2) is 4.79 Å². The zero-order valence-electron chi connectivity index (χ0n) is 14.8. The highest BCUT2D eigenvalue weighted by molar-refractivity contribution is 7.17. The number of ether oxygens (including phenoxy) is 1. The van der Waals surface area contributed by atoms with Gasteiger partial charge in [0.1, 0.15) is 5.00 Å². The Labute approximate surface area is 151 Å². The molecule has 0 saturated heterocycles. The first-order valence-corrected chi connectivity index (χ1v) is 9.47. The Bertz CT molecular complexity index is 794. The summed E-state index contributed by atoms with van der Waals surface area (Å²) in [5.41, 5.74) is 1.90. The van der Waals surface area contributed by atoms with Crippen LogP contribution in [0.15, 0.2) is 12.3 Å². The minimum atomic E-state index is -0.343. The molecule has 1 aliphatic rings. The van der Waals surface area contributed by atoms with E-state index in [0.717, 1.165) is 37.7 Å². The summed E-state index contributed by atoms with van der Waals surface area (Å²) in [6, 6.07) is 1.65. The largest absolute Gasteiger partial charge is 0.459 e. The molecule has 2 aromatic heterocycles. The lowest BCUT2D eigenvalue weighted by molar-refractivity contribution is 0.0335. The van der Waals surface area contributed by atoms with Gasteiger partial charge in [-0.2, -0.15) is 5.10 Å². The van der Waals surface area contributed by atoms with E-state index in [0.29, 0.717) is 16.3 Å². The highest BCUT2D eigenvalue weighted by Gasteiger charge is 2.28. The van der Waals surface area contributed by atoms with Crippen molar-refractivity contribution in [2.24, 2.45) is 7.05 Å². The van der Waals surface area contributed by atoms with Crippen molar-refractivity contribution in [1.82, 2.24) is 9.78 Å². The van der Waals surface area contributed by atoms with Crippen LogP contribution in [0.4, 0.5) is 5.00 Å². The van der Waals surface area contributed by atoms with Gasteiger partial charge in [0.25, 0.3) is 5.91 Å². The van der Waals surface area contributed by atoms with Crippen molar-refractivity contribution >= 4 is 28.2 Å². The van der Waals surface area contributed by atoms with Gasteiger partial charge in [0, 0.05) is 18.1 Å². The third-order valence-corrected chi connectivity index (χ3v) is 5.64. The fourth-order valence-corrected chi connectivity index (χ4v) is 4.17. The Morgan fingerprint density at radius 2 is 2.16 bits per heavy atom. The molecule has 7 heteroatoms. The van der Waals surface area contributed by atoms with E-state index in [1.165, 1.54) is 16.2 Å². The number of esters is 1. The first-order chi connectivity index (χ1) is 12.0. The number of anilines is 1. The van der Waals surface area contributed by atoms with Gasteiger partial charge in [-0.15, -0.1) is 11.3 Å². The average Bonchev–Trinajstić information content (AvgIpc) is 3.17. The number of aromatic nitrogens is 2. The van der Waals surface area contributed by atoms with Crippen molar-refractivity contribution in [2.75, 3.05) is 5.32 Å². The van der Waals surface area contributed by atoms with Crippen molar-refractivity contribution in [3.05, 3.63) is 34.0 Å². The molecule has 0 aliphatic heterocycles. The van der Waals surface area contributed by atoms with E-state index in [2.05, 4.69) is 10.4 Å². The molecule has 3 rings (SSSR count). The van der Waals surface area contributed by atoms with Crippen molar-refractivity contribution < 1.29 is 14.3 Å². The molecule has 0 bridgehead atoms. The maximum absolute atomic E-state index is 12.7. The normalized spacial score (nSPS) is 14.7. The number of hydrogen-bond acceptors (Lipinski definition) is 5. The predicted octanol–water partition coefficient (Wildman–Crippen LogP) is 3.57. The topological polar surface area (TPSA) is 73.2 Å². The van der Waals surface area contributed by atoms with Gasteiger partial charge in [-0.3, -0.25) is 9.48 Å². The third-order valence-electron chi connectivity index (χ3n) is 4.43. The number of carbonyl (C=O) groups is 2. The van der Waals surface area contributed by atoms with Gasteiger partial charge in [0.2, 0.25) is 0 Å². The summed E-state index contributed by atoms with van der Waals surface area (Å²) in [5.74, 6) is -0.651. The summed E-state index contributed by atoms with van der Waals surface area (Å²) in [6.07, 6.45) is 6.30. The minimum Gasteiger partial charge on any atom is -0.459 e. The molecule has 6 nitrogen and oxygen atoms in total. The molecule has 0 aromatic carbocycles. The van der Waals surface area contributed by atoms with E-state index >= 15 is 0 Å². The first kappa shape index (κ1) is 17.7. The molecule has 1 N–H and O–H groups in total. The van der Waals surface area contributed by atoms with E-state index in [-0.39, 0.29) is 18.0 Å². The number of aryl methyl sites for hydroxylation is 2. The molecule has 0 spiro atoms. The van der Waals surface area contributed by atoms with Crippen molar-refractivity contribution in [3.8, 4) is 0 Å². The predicted molar refractivity (Wildman–Crippen MR) is 97.3 cm³/mol. The Morgan fingerprint density at radius 1 is 1.40 bits per heavy atom. The van der Waals surface area contributed by atoms with E-state index in [1.54, 1.807) is 24.0 Å². The van der Waals surface area contributed by atoms with Crippen LogP contribution in [0.2, 0.25) is 0 Å². The SMILES string of the molecule is CCC(C)OC(=O)c1c(NC(=O)c2ccn(C)n2)sc2c1CCCC2. The maximum Gasteiger partial charge on any atom is 0.341 e. The lowest BCUT2D eigenvalue weighted by Crippen LogP contribution is -2.19. The van der Waals surface area contributed by atoms with Crippen LogP contribution < -0.4 is 5.32 Å². The number of nitrogens with one attached hydrogen (secondary N) is 1. The molecule has 1 atom stereocenters. The van der Waals surface area contributed by atoms with Crippen molar-refractivity contribution in [2.45, 2.75) is 52.1 Å². The van der Waals surface area contributed by atoms with E-state index < -0.39 is 0 Å². The molecule has 0 fully saturated rings. The van der Waals surface area contributed by atoms with Crippen LogP contribution in [0.3, 0.4) is 0 Å². The first-order valence-electron chi connectivity index (χ1n) is 8.66. The van der Waals surface area contributed by atoms with Gasteiger partial charge < -0.3 is 10.1 Å². The second kappa shape index (κ2) is 7.39. The Hall–Kier alpha value is -2.15. The monoisotopic (exact) mass is 361 g/mol. The lowest BCUT2D eigenvalue weighted by atomic mass is 9.95. The van der Waals surface area contributed by atoms with Crippen LogP contribution in [-0.2, 0) is 24.6 Å². The number of fused-ring (bicyclic) bond motifs is 1. The van der Waals surface area contributed by atoms with Gasteiger partial charge in [0.05, 0.1) is 11.7 Å². The van der Waals surface area contributed by atoms with E-state index in [4.69, 9.17) is 4.74 Å². The zero-order valence-corrected chi connectivity index (χ0v) is 15.6. The van der Waals surface area contributed by atoms with E-state index in [9.17, 15) is 9.59 Å². The fraction of sp³-hybridized carbons (Fsp3) is 0.500. The Kier molecular flexibility index (Phi) is 5.22. The number of thiophene rings is 1. The molecule has 2 heterocycles. The number of carbonyl (C=O) groups excluding carboxylic acids is 2. The number of amides is 1. The summed E-state index contributed by atoms with van der Waals surface area (Å²) in [6.45, 7) is 3.85. The molecule has 1 unspecified atom stereocenters.